The molecule has 10 heteroatoms. The second-order valence-electron chi connectivity index (χ2n) is 5.41. The number of aromatic nitrogens is 1. The van der Waals surface area contributed by atoms with Crippen LogP contribution in [0.25, 0.3) is 0 Å². The van der Waals surface area contributed by atoms with Crippen LogP contribution in [0.2, 0.25) is 0 Å². The van der Waals surface area contributed by atoms with Crippen LogP contribution < -0.4 is 5.56 Å². The van der Waals surface area contributed by atoms with Crippen LogP contribution in [0.15, 0.2) is 29.2 Å². The van der Waals surface area contributed by atoms with E-state index in [1.807, 2.05) is 0 Å². The lowest BCUT2D eigenvalue weighted by Gasteiger charge is -2.31. The van der Waals surface area contributed by atoms with Crippen molar-refractivity contribution < 1.29 is 32.7 Å². The zero-order valence-corrected chi connectivity index (χ0v) is 13.5. The molecule has 23 heavy (non-hydrogen) atoms. The minimum absolute atomic E-state index is 0.0793. The zero-order chi connectivity index (χ0) is 16.7. The monoisotopic (exact) mass is 347 g/mol. The van der Waals surface area contributed by atoms with Gasteiger partial charge in [0.15, 0.2) is 6.23 Å². The Hall–Kier alpha value is -1.06. The zero-order valence-electron chi connectivity index (χ0n) is 12.7. The number of rotatable bonds is 6. The largest absolute Gasteiger partial charge is 0.472 e. The molecule has 5 unspecified atom stereocenters. The lowest BCUT2D eigenvalue weighted by molar-refractivity contribution is -0.190. The predicted molar refractivity (Wildman–Crippen MR) is 76.9 cm³/mol. The smallest absolute Gasteiger partial charge is 0.381 e. The third-order valence-electron chi connectivity index (χ3n) is 3.96. The van der Waals surface area contributed by atoms with Crippen molar-refractivity contribution >= 4 is 7.82 Å². The third-order valence-corrected chi connectivity index (χ3v) is 4.92. The van der Waals surface area contributed by atoms with E-state index < -0.39 is 31.9 Å². The van der Waals surface area contributed by atoms with Crippen molar-refractivity contribution in [1.29, 1.82) is 0 Å². The van der Waals surface area contributed by atoms with Gasteiger partial charge in [0.25, 0.3) is 5.56 Å². The maximum absolute atomic E-state index is 12.0. The molecule has 0 radical (unpaired) electrons. The number of hydrogen-bond donors (Lipinski definition) is 1. The second kappa shape index (κ2) is 6.10. The van der Waals surface area contributed by atoms with Gasteiger partial charge in [-0.05, 0) is 6.07 Å². The Kier molecular flexibility index (Phi) is 4.45. The summed E-state index contributed by atoms with van der Waals surface area (Å²) in [6, 6.07) is 4.68. The van der Waals surface area contributed by atoms with Crippen molar-refractivity contribution in [2.45, 2.75) is 24.0 Å². The van der Waals surface area contributed by atoms with Crippen molar-refractivity contribution in [2.24, 2.45) is 0 Å². The predicted octanol–water partition coefficient (Wildman–Crippen LogP) is 0.293. The number of methoxy groups -OCH3 is 1. The Morgan fingerprint density at radius 2 is 2.26 bits per heavy atom. The summed E-state index contributed by atoms with van der Waals surface area (Å²) < 4.78 is 39.6. The highest BCUT2D eigenvalue weighted by Crippen LogP contribution is 2.54. The van der Waals surface area contributed by atoms with Gasteiger partial charge in [-0.25, -0.2) is 4.57 Å². The lowest BCUT2D eigenvalue weighted by atomic mass is 10.0. The van der Waals surface area contributed by atoms with E-state index >= 15 is 0 Å². The summed E-state index contributed by atoms with van der Waals surface area (Å²) in [5.41, 5.74) is -1.37. The molecule has 0 spiro atoms. The van der Waals surface area contributed by atoms with Gasteiger partial charge in [0.1, 0.15) is 17.8 Å². The SMILES string of the molecule is COCC12COC(C(n3ccccc3=O)O1)C2OP(=O)(O)OC. The first-order valence-electron chi connectivity index (χ1n) is 6.95. The molecule has 128 valence electrons. The van der Waals surface area contributed by atoms with Gasteiger partial charge in [-0.15, -0.1) is 0 Å². The van der Waals surface area contributed by atoms with Crippen molar-refractivity contribution in [1.82, 2.24) is 4.57 Å². The molecule has 2 bridgehead atoms. The number of ether oxygens (including phenoxy) is 3. The second-order valence-corrected chi connectivity index (χ2v) is 6.92. The molecule has 9 nitrogen and oxygen atoms in total. The van der Waals surface area contributed by atoms with Crippen molar-refractivity contribution in [3.05, 3.63) is 34.7 Å². The molecule has 2 fully saturated rings. The number of nitrogens with zero attached hydrogens (tertiary/aromatic N) is 1. The molecular weight excluding hydrogens is 329 g/mol. The standard InChI is InChI=1S/C13H18NO8P/c1-18-7-13-8-20-10(11(13)22-23(16,17)19-2)12(21-13)14-6-4-3-5-9(14)15/h3-6,10-12H,7-8H2,1-2H3,(H,16,17). The van der Waals surface area contributed by atoms with Gasteiger partial charge in [-0.2, -0.15) is 0 Å². The van der Waals surface area contributed by atoms with Gasteiger partial charge in [0.05, 0.1) is 13.2 Å². The van der Waals surface area contributed by atoms with E-state index in [4.69, 9.17) is 18.7 Å². The van der Waals surface area contributed by atoms with Crippen LogP contribution in [-0.4, -0.2) is 54.7 Å². The Labute approximate surface area is 132 Å². The number of hydrogen-bond acceptors (Lipinski definition) is 7. The summed E-state index contributed by atoms with van der Waals surface area (Å²) >= 11 is 0. The van der Waals surface area contributed by atoms with Crippen LogP contribution in [-0.2, 0) is 27.8 Å². The third kappa shape index (κ3) is 2.89. The number of fused-ring (bicyclic) bond motifs is 2. The minimum atomic E-state index is -4.26. The Balaban J connectivity index is 1.95. The van der Waals surface area contributed by atoms with Crippen molar-refractivity contribution in [3.63, 3.8) is 0 Å². The van der Waals surface area contributed by atoms with Crippen LogP contribution >= 0.6 is 7.82 Å². The molecule has 1 aromatic heterocycles. The molecule has 0 aliphatic carbocycles. The summed E-state index contributed by atoms with van der Waals surface area (Å²) in [5.74, 6) is 0. The van der Waals surface area contributed by atoms with E-state index in [0.29, 0.717) is 0 Å². The van der Waals surface area contributed by atoms with Gasteiger partial charge in [0.2, 0.25) is 0 Å². The maximum atomic E-state index is 12.0. The topological polar surface area (TPSA) is 105 Å². The van der Waals surface area contributed by atoms with Gasteiger partial charge >= 0.3 is 7.82 Å². The minimum Gasteiger partial charge on any atom is -0.381 e. The molecule has 0 aromatic carbocycles. The first-order chi connectivity index (χ1) is 10.9. The van der Waals surface area contributed by atoms with E-state index in [1.54, 1.807) is 18.3 Å². The summed E-state index contributed by atoms with van der Waals surface area (Å²) in [7, 11) is -1.71. The van der Waals surface area contributed by atoms with Crippen LogP contribution in [0.4, 0.5) is 0 Å². The Bertz CT molecular complexity index is 678. The van der Waals surface area contributed by atoms with E-state index in [1.165, 1.54) is 17.7 Å². The molecule has 2 saturated heterocycles. The quantitative estimate of drug-likeness (QED) is 0.732. The molecule has 1 aromatic rings. The van der Waals surface area contributed by atoms with E-state index in [9.17, 15) is 14.3 Å². The fraction of sp³-hybridized carbons (Fsp3) is 0.615. The fourth-order valence-corrected chi connectivity index (χ4v) is 3.64. The summed E-state index contributed by atoms with van der Waals surface area (Å²) in [6.07, 6.45) is -0.866. The summed E-state index contributed by atoms with van der Waals surface area (Å²) in [4.78, 5) is 21.7. The maximum Gasteiger partial charge on any atom is 0.472 e. The molecule has 5 atom stereocenters. The van der Waals surface area contributed by atoms with E-state index in [0.717, 1.165) is 7.11 Å². The van der Waals surface area contributed by atoms with Gasteiger partial charge in [-0.3, -0.25) is 18.4 Å². The van der Waals surface area contributed by atoms with Crippen LogP contribution in [0.1, 0.15) is 6.23 Å². The Morgan fingerprint density at radius 3 is 2.91 bits per heavy atom. The van der Waals surface area contributed by atoms with Crippen LogP contribution in [0, 0.1) is 0 Å². The molecule has 2 aliphatic rings. The van der Waals surface area contributed by atoms with Crippen LogP contribution in [0.5, 0.6) is 0 Å². The molecule has 3 heterocycles. The number of phosphoric ester groups is 1. The summed E-state index contributed by atoms with van der Waals surface area (Å²) in [6.45, 7) is 0.202. The highest BCUT2D eigenvalue weighted by molar-refractivity contribution is 7.47. The summed E-state index contributed by atoms with van der Waals surface area (Å²) in [5, 5.41) is 0. The average Bonchev–Trinajstić information content (AvgIpc) is 2.99. The first kappa shape index (κ1) is 16.8. The molecule has 0 saturated carbocycles. The normalized spacial score (nSPS) is 35.3. The molecule has 1 N–H and O–H groups in total. The first-order valence-corrected chi connectivity index (χ1v) is 8.44. The fourth-order valence-electron chi connectivity index (χ4n) is 2.96. The van der Waals surface area contributed by atoms with Gasteiger partial charge in [0, 0.05) is 26.5 Å². The number of pyridine rings is 1. The highest BCUT2D eigenvalue weighted by Gasteiger charge is 2.64. The molecule has 3 rings (SSSR count). The molecule has 2 aliphatic heterocycles. The lowest BCUT2D eigenvalue weighted by Crippen LogP contribution is -2.45. The molecular formula is C13H18NO8P. The average molecular weight is 347 g/mol. The van der Waals surface area contributed by atoms with Gasteiger partial charge in [-0.1, -0.05) is 6.07 Å². The number of phosphoric acid groups is 1. The van der Waals surface area contributed by atoms with E-state index in [2.05, 4.69) is 4.52 Å². The Morgan fingerprint density at radius 1 is 1.48 bits per heavy atom. The van der Waals surface area contributed by atoms with Crippen LogP contribution in [0.3, 0.4) is 0 Å². The van der Waals surface area contributed by atoms with E-state index in [-0.39, 0.29) is 18.8 Å². The van der Waals surface area contributed by atoms with Gasteiger partial charge < -0.3 is 19.1 Å². The molecule has 0 amide bonds. The highest BCUT2D eigenvalue weighted by atomic mass is 31.2. The van der Waals surface area contributed by atoms with Crippen molar-refractivity contribution in [2.75, 3.05) is 27.4 Å². The van der Waals surface area contributed by atoms with Crippen molar-refractivity contribution in [3.8, 4) is 0 Å².